The molecule has 0 bridgehead atoms. The van der Waals surface area contributed by atoms with Crippen molar-refractivity contribution in [2.24, 2.45) is 5.92 Å². The highest BCUT2D eigenvalue weighted by Gasteiger charge is 2.13. The molecule has 0 aliphatic carbocycles. The zero-order valence-corrected chi connectivity index (χ0v) is 16.3. The number of carbonyl (C=O) groups is 2. The zero-order valence-electron chi connectivity index (χ0n) is 16.3. The van der Waals surface area contributed by atoms with Crippen LogP contribution in [0.2, 0.25) is 0 Å². The van der Waals surface area contributed by atoms with Gasteiger partial charge in [-0.25, -0.2) is 0 Å². The molecule has 0 N–H and O–H groups in total. The van der Waals surface area contributed by atoms with Crippen molar-refractivity contribution in [2.45, 2.75) is 104 Å². The third-order valence-electron chi connectivity index (χ3n) is 4.28. The van der Waals surface area contributed by atoms with Crippen molar-refractivity contribution in [1.29, 1.82) is 0 Å². The van der Waals surface area contributed by atoms with E-state index < -0.39 is 0 Å². The van der Waals surface area contributed by atoms with Crippen LogP contribution in [-0.4, -0.2) is 24.6 Å². The molecular formula is C20H38O4. The monoisotopic (exact) mass is 342 g/mol. The van der Waals surface area contributed by atoms with Gasteiger partial charge < -0.3 is 9.47 Å². The Balaban J connectivity index is 3.42. The fourth-order valence-electron chi connectivity index (χ4n) is 2.27. The predicted molar refractivity (Wildman–Crippen MR) is 97.8 cm³/mol. The highest BCUT2D eigenvalue weighted by Crippen LogP contribution is 2.10. The molecule has 0 heterocycles. The summed E-state index contributed by atoms with van der Waals surface area (Å²) in [7, 11) is 0. The van der Waals surface area contributed by atoms with Crippen molar-refractivity contribution < 1.29 is 19.1 Å². The third-order valence-corrected chi connectivity index (χ3v) is 4.28. The van der Waals surface area contributed by atoms with Crippen LogP contribution in [0.1, 0.15) is 98.3 Å². The maximum atomic E-state index is 11.6. The largest absolute Gasteiger partial charge is 0.466 e. The van der Waals surface area contributed by atoms with E-state index in [0.717, 1.165) is 12.8 Å². The van der Waals surface area contributed by atoms with E-state index in [0.29, 0.717) is 25.4 Å². The van der Waals surface area contributed by atoms with Gasteiger partial charge in [-0.3, -0.25) is 9.59 Å². The van der Waals surface area contributed by atoms with Gasteiger partial charge in [0, 0.05) is 12.8 Å². The molecule has 0 spiro atoms. The lowest BCUT2D eigenvalue weighted by Gasteiger charge is -2.16. The molecule has 24 heavy (non-hydrogen) atoms. The summed E-state index contributed by atoms with van der Waals surface area (Å²) in [5.41, 5.74) is 0. The van der Waals surface area contributed by atoms with Crippen molar-refractivity contribution in [3.63, 3.8) is 0 Å². The van der Waals surface area contributed by atoms with Gasteiger partial charge in [0.25, 0.3) is 0 Å². The lowest BCUT2D eigenvalue weighted by Crippen LogP contribution is -2.20. The highest BCUT2D eigenvalue weighted by atomic mass is 16.5. The van der Waals surface area contributed by atoms with E-state index in [2.05, 4.69) is 6.92 Å². The van der Waals surface area contributed by atoms with Crippen molar-refractivity contribution >= 4 is 11.9 Å². The first-order valence-electron chi connectivity index (χ1n) is 9.82. The normalized spacial score (nSPS) is 12.2. The minimum Gasteiger partial charge on any atom is -0.466 e. The van der Waals surface area contributed by atoms with Gasteiger partial charge >= 0.3 is 11.9 Å². The van der Waals surface area contributed by atoms with Gasteiger partial charge in [-0.05, 0) is 25.7 Å². The summed E-state index contributed by atoms with van der Waals surface area (Å²) < 4.78 is 10.5. The van der Waals surface area contributed by atoms with Crippen LogP contribution in [0.15, 0.2) is 0 Å². The molecule has 0 saturated carbocycles. The van der Waals surface area contributed by atoms with Crippen LogP contribution in [0.4, 0.5) is 0 Å². The van der Waals surface area contributed by atoms with E-state index in [-0.39, 0.29) is 24.5 Å². The lowest BCUT2D eigenvalue weighted by atomic mass is 10.1. The topological polar surface area (TPSA) is 52.6 Å². The van der Waals surface area contributed by atoms with E-state index in [1.807, 2.05) is 20.8 Å². The summed E-state index contributed by atoms with van der Waals surface area (Å²) in [5.74, 6) is -0.125. The molecule has 0 rings (SSSR count). The second-order valence-electron chi connectivity index (χ2n) is 6.99. The first-order valence-corrected chi connectivity index (χ1v) is 9.82. The highest BCUT2D eigenvalue weighted by molar-refractivity contribution is 5.72. The van der Waals surface area contributed by atoms with Gasteiger partial charge in [-0.2, -0.15) is 0 Å². The number of carbonyl (C=O) groups excluding carboxylic acids is 2. The van der Waals surface area contributed by atoms with E-state index in [9.17, 15) is 9.59 Å². The maximum absolute atomic E-state index is 11.6. The average Bonchev–Trinajstić information content (AvgIpc) is 2.53. The molecule has 1 unspecified atom stereocenters. The Morgan fingerprint density at radius 3 is 1.88 bits per heavy atom. The van der Waals surface area contributed by atoms with Gasteiger partial charge in [0.05, 0.1) is 6.61 Å². The predicted octanol–water partition coefficient (Wildman–Crippen LogP) is 5.43. The number of ether oxygens (including phenoxy) is 2. The van der Waals surface area contributed by atoms with Crippen LogP contribution >= 0.6 is 0 Å². The first-order chi connectivity index (χ1) is 11.5. The Hall–Kier alpha value is -1.06. The van der Waals surface area contributed by atoms with Gasteiger partial charge in [0.1, 0.15) is 6.10 Å². The van der Waals surface area contributed by atoms with Gasteiger partial charge in [0.15, 0.2) is 0 Å². The van der Waals surface area contributed by atoms with Crippen molar-refractivity contribution in [2.75, 3.05) is 6.61 Å². The molecule has 0 radical (unpaired) electrons. The summed E-state index contributed by atoms with van der Waals surface area (Å²) >= 11 is 0. The van der Waals surface area contributed by atoms with Crippen LogP contribution in [0.3, 0.4) is 0 Å². The van der Waals surface area contributed by atoms with Crippen LogP contribution in [-0.2, 0) is 19.1 Å². The van der Waals surface area contributed by atoms with Crippen LogP contribution in [0.5, 0.6) is 0 Å². The minimum atomic E-state index is -0.230. The summed E-state index contributed by atoms with van der Waals surface area (Å²) in [6.07, 6.45) is 10.8. The van der Waals surface area contributed by atoms with Crippen LogP contribution in [0.25, 0.3) is 0 Å². The molecule has 0 aliphatic rings. The molecule has 1 atom stereocenters. The molecule has 0 aromatic rings. The Kier molecular flexibility index (Phi) is 14.8. The smallest absolute Gasteiger partial charge is 0.306 e. The Morgan fingerprint density at radius 2 is 1.29 bits per heavy atom. The van der Waals surface area contributed by atoms with Crippen LogP contribution in [0, 0.1) is 5.92 Å². The zero-order chi connectivity index (χ0) is 18.2. The summed E-state index contributed by atoms with van der Waals surface area (Å²) in [4.78, 5) is 23.2. The van der Waals surface area contributed by atoms with Gasteiger partial charge in [-0.1, -0.05) is 65.7 Å². The first kappa shape index (κ1) is 22.9. The summed E-state index contributed by atoms with van der Waals surface area (Å²) in [6, 6.07) is 0. The molecule has 0 aromatic heterocycles. The van der Waals surface area contributed by atoms with E-state index in [1.54, 1.807) is 0 Å². The van der Waals surface area contributed by atoms with Crippen molar-refractivity contribution in [1.82, 2.24) is 0 Å². The number of hydrogen-bond donors (Lipinski definition) is 0. The lowest BCUT2D eigenvalue weighted by molar-refractivity contribution is -0.150. The van der Waals surface area contributed by atoms with Crippen molar-refractivity contribution in [3.8, 4) is 0 Å². The summed E-state index contributed by atoms with van der Waals surface area (Å²) in [6.45, 7) is 8.65. The standard InChI is InChI=1S/C20H38O4/c1-5-6-7-8-9-10-11-12-16-23-19(21)14-13-15-20(22)24-18(4)17(2)3/h17-18H,5-16H2,1-4H3. The van der Waals surface area contributed by atoms with Crippen LogP contribution < -0.4 is 0 Å². The van der Waals surface area contributed by atoms with E-state index >= 15 is 0 Å². The average molecular weight is 343 g/mol. The van der Waals surface area contributed by atoms with Gasteiger partial charge in [-0.15, -0.1) is 0 Å². The Bertz CT molecular complexity index is 326. The second-order valence-corrected chi connectivity index (χ2v) is 6.99. The molecule has 0 fully saturated rings. The number of rotatable bonds is 15. The third kappa shape index (κ3) is 14.5. The van der Waals surface area contributed by atoms with Crippen molar-refractivity contribution in [3.05, 3.63) is 0 Å². The number of esters is 2. The van der Waals surface area contributed by atoms with E-state index in [1.165, 1.54) is 38.5 Å². The Morgan fingerprint density at radius 1 is 0.750 bits per heavy atom. The minimum absolute atomic E-state index is 0.0774. The molecule has 0 aromatic carbocycles. The number of hydrogen-bond acceptors (Lipinski definition) is 4. The van der Waals surface area contributed by atoms with E-state index in [4.69, 9.17) is 9.47 Å². The molecular weight excluding hydrogens is 304 g/mol. The van der Waals surface area contributed by atoms with Gasteiger partial charge in [0.2, 0.25) is 0 Å². The fourth-order valence-corrected chi connectivity index (χ4v) is 2.27. The molecule has 4 heteroatoms. The molecule has 4 nitrogen and oxygen atoms in total. The number of unbranched alkanes of at least 4 members (excludes halogenated alkanes) is 7. The SMILES string of the molecule is CCCCCCCCCCOC(=O)CCCC(=O)OC(C)C(C)C. The molecule has 0 aliphatic heterocycles. The maximum Gasteiger partial charge on any atom is 0.306 e. The fraction of sp³-hybridized carbons (Fsp3) is 0.900. The Labute approximate surface area is 148 Å². The summed E-state index contributed by atoms with van der Waals surface area (Å²) in [5, 5.41) is 0. The second kappa shape index (κ2) is 15.5. The molecule has 0 amide bonds. The quantitative estimate of drug-likeness (QED) is 0.294. The molecule has 142 valence electrons. The molecule has 0 saturated heterocycles.